The summed E-state index contributed by atoms with van der Waals surface area (Å²) in [5.74, 6) is 0.968. The number of ketones is 1. The van der Waals surface area contributed by atoms with Gasteiger partial charge in [-0.05, 0) is 29.0 Å². The maximum Gasteiger partial charge on any atom is 0.168 e. The number of methoxy groups -OCH3 is 1. The third kappa shape index (κ3) is 2.37. The summed E-state index contributed by atoms with van der Waals surface area (Å²) in [6.07, 6.45) is 0. The topological polar surface area (TPSA) is 26.3 Å². The van der Waals surface area contributed by atoms with Crippen LogP contribution in [0, 0.1) is 5.41 Å². The fourth-order valence-corrected chi connectivity index (χ4v) is 1.93. The molecule has 2 aromatic rings. The lowest BCUT2D eigenvalue weighted by molar-refractivity contribution is 0.0858. The van der Waals surface area contributed by atoms with E-state index in [2.05, 4.69) is 0 Å². The predicted octanol–water partition coefficient (Wildman–Crippen LogP) is 4.08. The monoisotopic (exact) mass is 242 g/mol. The first-order valence-electron chi connectivity index (χ1n) is 6.04. The minimum atomic E-state index is -0.355. The van der Waals surface area contributed by atoms with Crippen LogP contribution in [0.5, 0.6) is 5.75 Å². The standard InChI is InChI=1S/C16H18O2/c1-16(2,3)15(17)12-6-5-11-7-8-14(18-4)10-13(11)9-12/h5-10H,1-4H3. The number of rotatable bonds is 2. The van der Waals surface area contributed by atoms with Gasteiger partial charge in [-0.15, -0.1) is 0 Å². The molecule has 0 saturated carbocycles. The molecule has 94 valence electrons. The van der Waals surface area contributed by atoms with Crippen molar-refractivity contribution in [3.05, 3.63) is 42.0 Å². The first-order valence-corrected chi connectivity index (χ1v) is 6.04. The van der Waals surface area contributed by atoms with E-state index in [1.165, 1.54) is 0 Å². The number of hydrogen-bond donors (Lipinski definition) is 0. The zero-order valence-corrected chi connectivity index (χ0v) is 11.3. The highest BCUT2D eigenvalue weighted by atomic mass is 16.5. The van der Waals surface area contributed by atoms with Gasteiger partial charge in [0.1, 0.15) is 5.75 Å². The van der Waals surface area contributed by atoms with Gasteiger partial charge in [0.05, 0.1) is 7.11 Å². The molecule has 0 aliphatic rings. The number of ether oxygens (including phenoxy) is 1. The smallest absolute Gasteiger partial charge is 0.168 e. The molecule has 2 nitrogen and oxygen atoms in total. The lowest BCUT2D eigenvalue weighted by atomic mass is 9.86. The lowest BCUT2D eigenvalue weighted by Crippen LogP contribution is -2.19. The SMILES string of the molecule is COc1ccc2ccc(C(=O)C(C)(C)C)cc2c1. The Labute approximate surface area is 108 Å². The Morgan fingerprint density at radius 1 is 1.00 bits per heavy atom. The highest BCUT2D eigenvalue weighted by molar-refractivity contribution is 6.02. The molecule has 0 bridgehead atoms. The van der Waals surface area contributed by atoms with Crippen molar-refractivity contribution in [2.24, 2.45) is 5.41 Å². The van der Waals surface area contributed by atoms with Crippen molar-refractivity contribution in [2.75, 3.05) is 7.11 Å². The van der Waals surface area contributed by atoms with Crippen molar-refractivity contribution in [1.82, 2.24) is 0 Å². The number of fused-ring (bicyclic) bond motifs is 1. The maximum absolute atomic E-state index is 12.2. The molecule has 2 rings (SSSR count). The molecule has 18 heavy (non-hydrogen) atoms. The van der Waals surface area contributed by atoms with E-state index in [9.17, 15) is 4.79 Å². The van der Waals surface area contributed by atoms with Gasteiger partial charge in [0.2, 0.25) is 0 Å². The van der Waals surface area contributed by atoms with Crippen LogP contribution in [0.25, 0.3) is 10.8 Å². The molecular weight excluding hydrogens is 224 g/mol. The highest BCUT2D eigenvalue weighted by Crippen LogP contribution is 2.26. The Balaban J connectivity index is 2.52. The Kier molecular flexibility index (Phi) is 3.12. The van der Waals surface area contributed by atoms with E-state index in [1.54, 1.807) is 7.11 Å². The quantitative estimate of drug-likeness (QED) is 0.742. The minimum Gasteiger partial charge on any atom is -0.497 e. The second-order valence-electron chi connectivity index (χ2n) is 5.51. The second kappa shape index (κ2) is 4.45. The Morgan fingerprint density at radius 2 is 1.67 bits per heavy atom. The van der Waals surface area contributed by atoms with Crippen LogP contribution in [-0.4, -0.2) is 12.9 Å². The molecule has 2 heteroatoms. The molecule has 0 N–H and O–H groups in total. The zero-order chi connectivity index (χ0) is 13.3. The molecule has 0 saturated heterocycles. The van der Waals surface area contributed by atoms with Crippen LogP contribution >= 0.6 is 0 Å². The molecule has 0 atom stereocenters. The van der Waals surface area contributed by atoms with Gasteiger partial charge in [-0.25, -0.2) is 0 Å². The summed E-state index contributed by atoms with van der Waals surface area (Å²) in [6, 6.07) is 11.7. The summed E-state index contributed by atoms with van der Waals surface area (Å²) in [6.45, 7) is 5.81. The van der Waals surface area contributed by atoms with Crippen LogP contribution in [0.1, 0.15) is 31.1 Å². The number of carbonyl (C=O) groups excluding carboxylic acids is 1. The fraction of sp³-hybridized carbons (Fsp3) is 0.312. The van der Waals surface area contributed by atoms with E-state index < -0.39 is 0 Å². The van der Waals surface area contributed by atoms with Gasteiger partial charge in [0.25, 0.3) is 0 Å². The van der Waals surface area contributed by atoms with E-state index in [0.717, 1.165) is 22.1 Å². The number of Topliss-reactive ketones (excluding diaryl/α,β-unsaturated/α-hetero) is 1. The number of carbonyl (C=O) groups is 1. The van der Waals surface area contributed by atoms with E-state index in [1.807, 2.05) is 57.2 Å². The Hall–Kier alpha value is -1.83. The summed E-state index contributed by atoms with van der Waals surface area (Å²) in [7, 11) is 1.64. The van der Waals surface area contributed by atoms with E-state index in [-0.39, 0.29) is 11.2 Å². The number of hydrogen-bond acceptors (Lipinski definition) is 2. The summed E-state index contributed by atoms with van der Waals surface area (Å²) >= 11 is 0. The molecule has 0 spiro atoms. The van der Waals surface area contributed by atoms with Gasteiger partial charge in [-0.2, -0.15) is 0 Å². The van der Waals surface area contributed by atoms with Crippen molar-refractivity contribution >= 4 is 16.6 Å². The normalized spacial score (nSPS) is 11.6. The van der Waals surface area contributed by atoms with Crippen molar-refractivity contribution in [3.63, 3.8) is 0 Å². The predicted molar refractivity (Wildman–Crippen MR) is 74.3 cm³/mol. The van der Waals surface area contributed by atoms with Crippen molar-refractivity contribution < 1.29 is 9.53 Å². The van der Waals surface area contributed by atoms with Gasteiger partial charge in [-0.1, -0.05) is 39.0 Å². The summed E-state index contributed by atoms with van der Waals surface area (Å²) in [4.78, 5) is 12.2. The van der Waals surface area contributed by atoms with Gasteiger partial charge in [-0.3, -0.25) is 4.79 Å². The summed E-state index contributed by atoms with van der Waals surface area (Å²) in [5.41, 5.74) is 0.398. The first-order chi connectivity index (χ1) is 8.41. The van der Waals surface area contributed by atoms with Gasteiger partial charge in [0, 0.05) is 11.0 Å². The molecule has 0 radical (unpaired) electrons. The van der Waals surface area contributed by atoms with E-state index in [0.29, 0.717) is 0 Å². The molecular formula is C16H18O2. The number of benzene rings is 2. The Bertz CT molecular complexity index is 592. The van der Waals surface area contributed by atoms with Gasteiger partial charge in [0.15, 0.2) is 5.78 Å². The molecule has 0 aliphatic carbocycles. The molecule has 0 aliphatic heterocycles. The van der Waals surface area contributed by atoms with E-state index >= 15 is 0 Å². The third-order valence-electron chi connectivity index (χ3n) is 2.99. The van der Waals surface area contributed by atoms with Crippen molar-refractivity contribution in [1.29, 1.82) is 0 Å². The van der Waals surface area contributed by atoms with Gasteiger partial charge < -0.3 is 4.74 Å². The first kappa shape index (κ1) is 12.6. The van der Waals surface area contributed by atoms with Gasteiger partial charge >= 0.3 is 0 Å². The summed E-state index contributed by atoms with van der Waals surface area (Å²) in [5, 5.41) is 2.14. The molecule has 2 aromatic carbocycles. The van der Waals surface area contributed by atoms with Crippen molar-refractivity contribution in [3.8, 4) is 5.75 Å². The maximum atomic E-state index is 12.2. The summed E-state index contributed by atoms with van der Waals surface area (Å²) < 4.78 is 5.20. The molecule has 0 fully saturated rings. The minimum absolute atomic E-state index is 0.159. The molecule has 0 amide bonds. The average molecular weight is 242 g/mol. The zero-order valence-electron chi connectivity index (χ0n) is 11.3. The van der Waals surface area contributed by atoms with Crippen LogP contribution < -0.4 is 4.74 Å². The van der Waals surface area contributed by atoms with Crippen LogP contribution in [0.2, 0.25) is 0 Å². The van der Waals surface area contributed by atoms with Crippen molar-refractivity contribution in [2.45, 2.75) is 20.8 Å². The largest absolute Gasteiger partial charge is 0.497 e. The average Bonchev–Trinajstić information content (AvgIpc) is 2.35. The fourth-order valence-electron chi connectivity index (χ4n) is 1.93. The van der Waals surface area contributed by atoms with Crippen LogP contribution in [0.15, 0.2) is 36.4 Å². The van der Waals surface area contributed by atoms with E-state index in [4.69, 9.17) is 4.74 Å². The molecule has 0 aromatic heterocycles. The van der Waals surface area contributed by atoms with Crippen LogP contribution in [0.4, 0.5) is 0 Å². The third-order valence-corrected chi connectivity index (χ3v) is 2.99. The Morgan fingerprint density at radius 3 is 2.28 bits per heavy atom. The molecule has 0 heterocycles. The lowest BCUT2D eigenvalue weighted by Gasteiger charge is -2.16. The van der Waals surface area contributed by atoms with Crippen LogP contribution in [-0.2, 0) is 0 Å². The highest BCUT2D eigenvalue weighted by Gasteiger charge is 2.22. The second-order valence-corrected chi connectivity index (χ2v) is 5.51. The van der Waals surface area contributed by atoms with Crippen LogP contribution in [0.3, 0.4) is 0 Å². The molecule has 0 unspecified atom stereocenters.